The first kappa shape index (κ1) is 13.2. The Bertz CT molecular complexity index is 498. The van der Waals surface area contributed by atoms with E-state index in [2.05, 4.69) is 16.3 Å². The first-order chi connectivity index (χ1) is 9.74. The van der Waals surface area contributed by atoms with Crippen molar-refractivity contribution >= 4 is 17.3 Å². The average Bonchev–Trinajstić information content (AvgIpc) is 2.84. The molecule has 5 heteroatoms. The second-order valence-electron chi connectivity index (χ2n) is 5.48. The van der Waals surface area contributed by atoms with Gasteiger partial charge >= 0.3 is 0 Å². The molecule has 0 aliphatic carbocycles. The van der Waals surface area contributed by atoms with Crippen LogP contribution in [0, 0.1) is 0 Å². The molecule has 0 spiro atoms. The first-order valence-corrected chi connectivity index (χ1v) is 7.23. The number of rotatable bonds is 3. The number of hydrogen-bond donors (Lipinski definition) is 2. The number of carbonyl (C=O) groups is 1. The van der Waals surface area contributed by atoms with Gasteiger partial charge in [0, 0.05) is 25.8 Å². The summed E-state index contributed by atoms with van der Waals surface area (Å²) in [4.78, 5) is 14.2. The van der Waals surface area contributed by atoms with Gasteiger partial charge in [0.25, 0.3) is 0 Å². The molecule has 1 amide bonds. The van der Waals surface area contributed by atoms with Crippen LogP contribution in [0.2, 0.25) is 0 Å². The molecular formula is C15H21N3O2. The average molecular weight is 275 g/mol. The number of nitrogens with one attached hydrogen (secondary N) is 1. The standard InChI is InChI=1S/C15H21N3O2/c16-13-3-1-2-11-4-7-18(15(11)13)10-14(19)17-12-5-8-20-9-6-12/h1-3,12H,4-10,16H2,(H,17,19). The molecular weight excluding hydrogens is 254 g/mol. The first-order valence-electron chi connectivity index (χ1n) is 7.23. The van der Waals surface area contributed by atoms with Crippen molar-refractivity contribution in [3.05, 3.63) is 23.8 Å². The zero-order chi connectivity index (χ0) is 13.9. The third kappa shape index (κ3) is 2.72. The molecule has 1 aromatic rings. The van der Waals surface area contributed by atoms with Crippen LogP contribution < -0.4 is 16.0 Å². The summed E-state index contributed by atoms with van der Waals surface area (Å²) in [5, 5.41) is 3.09. The van der Waals surface area contributed by atoms with Gasteiger partial charge in [0.1, 0.15) is 0 Å². The highest BCUT2D eigenvalue weighted by Gasteiger charge is 2.24. The normalized spacial score (nSPS) is 18.9. The van der Waals surface area contributed by atoms with Crippen molar-refractivity contribution < 1.29 is 9.53 Å². The summed E-state index contributed by atoms with van der Waals surface area (Å²) in [7, 11) is 0. The highest BCUT2D eigenvalue weighted by atomic mass is 16.5. The molecule has 5 nitrogen and oxygen atoms in total. The lowest BCUT2D eigenvalue weighted by molar-refractivity contribution is -0.121. The monoisotopic (exact) mass is 275 g/mol. The SMILES string of the molecule is Nc1cccc2c1N(CC(=O)NC1CCOCC1)CC2. The van der Waals surface area contributed by atoms with Gasteiger partial charge in [-0.3, -0.25) is 4.79 Å². The fraction of sp³-hybridized carbons (Fsp3) is 0.533. The van der Waals surface area contributed by atoms with Gasteiger partial charge in [-0.25, -0.2) is 0 Å². The van der Waals surface area contributed by atoms with Crippen LogP contribution in [-0.4, -0.2) is 38.3 Å². The van der Waals surface area contributed by atoms with Crippen LogP contribution in [0.25, 0.3) is 0 Å². The van der Waals surface area contributed by atoms with Crippen molar-refractivity contribution in [1.29, 1.82) is 0 Å². The van der Waals surface area contributed by atoms with Crippen LogP contribution in [0.15, 0.2) is 18.2 Å². The van der Waals surface area contributed by atoms with Gasteiger partial charge in [-0.1, -0.05) is 12.1 Å². The lowest BCUT2D eigenvalue weighted by Gasteiger charge is -2.25. The van der Waals surface area contributed by atoms with E-state index >= 15 is 0 Å². The quantitative estimate of drug-likeness (QED) is 0.805. The van der Waals surface area contributed by atoms with Crippen LogP contribution in [0.3, 0.4) is 0 Å². The van der Waals surface area contributed by atoms with Crippen molar-refractivity contribution in [2.24, 2.45) is 0 Å². The van der Waals surface area contributed by atoms with Crippen LogP contribution in [0.1, 0.15) is 18.4 Å². The van der Waals surface area contributed by atoms with E-state index in [4.69, 9.17) is 10.5 Å². The van der Waals surface area contributed by atoms with E-state index in [0.29, 0.717) is 6.54 Å². The Kier molecular flexibility index (Phi) is 3.78. The number of ether oxygens (including phenoxy) is 1. The molecule has 3 rings (SSSR count). The highest BCUT2D eigenvalue weighted by molar-refractivity contribution is 5.85. The van der Waals surface area contributed by atoms with Gasteiger partial charge in [0.05, 0.1) is 17.9 Å². The van der Waals surface area contributed by atoms with E-state index in [1.165, 1.54) is 5.56 Å². The van der Waals surface area contributed by atoms with E-state index in [1.807, 2.05) is 12.1 Å². The van der Waals surface area contributed by atoms with E-state index in [9.17, 15) is 4.79 Å². The molecule has 2 aliphatic rings. The van der Waals surface area contributed by atoms with Gasteiger partial charge < -0.3 is 20.7 Å². The topological polar surface area (TPSA) is 67.6 Å². The molecule has 108 valence electrons. The number of nitrogens with zero attached hydrogens (tertiary/aromatic N) is 1. The number of fused-ring (bicyclic) bond motifs is 1. The number of nitrogens with two attached hydrogens (primary N) is 1. The summed E-state index contributed by atoms with van der Waals surface area (Å²) in [5.74, 6) is 0.0769. The van der Waals surface area contributed by atoms with Gasteiger partial charge in [-0.15, -0.1) is 0 Å². The maximum Gasteiger partial charge on any atom is 0.239 e. The maximum atomic E-state index is 12.2. The molecule has 2 heterocycles. The van der Waals surface area contributed by atoms with Crippen molar-refractivity contribution in [2.75, 3.05) is 36.9 Å². The molecule has 1 aromatic carbocycles. The second kappa shape index (κ2) is 5.71. The Morgan fingerprint density at radius 1 is 1.40 bits per heavy atom. The third-order valence-corrected chi connectivity index (χ3v) is 4.04. The summed E-state index contributed by atoms with van der Waals surface area (Å²) in [6.45, 7) is 2.73. The molecule has 2 aliphatic heterocycles. The minimum atomic E-state index is 0.0769. The number of hydrogen-bond acceptors (Lipinski definition) is 4. The largest absolute Gasteiger partial charge is 0.397 e. The molecule has 1 saturated heterocycles. The minimum Gasteiger partial charge on any atom is -0.397 e. The van der Waals surface area contributed by atoms with Crippen molar-refractivity contribution in [3.8, 4) is 0 Å². The van der Waals surface area contributed by atoms with Crippen molar-refractivity contribution in [1.82, 2.24) is 5.32 Å². The van der Waals surface area contributed by atoms with E-state index in [-0.39, 0.29) is 11.9 Å². The summed E-state index contributed by atoms with van der Waals surface area (Å²) in [5.41, 5.74) is 9.07. The Morgan fingerprint density at radius 2 is 2.20 bits per heavy atom. The lowest BCUT2D eigenvalue weighted by atomic mass is 10.1. The van der Waals surface area contributed by atoms with Crippen LogP contribution >= 0.6 is 0 Å². The molecule has 0 bridgehead atoms. The highest BCUT2D eigenvalue weighted by Crippen LogP contribution is 2.33. The number of para-hydroxylation sites is 1. The van der Waals surface area contributed by atoms with Gasteiger partial charge in [-0.05, 0) is 30.9 Å². The molecule has 3 N–H and O–H groups in total. The molecule has 0 atom stereocenters. The van der Waals surface area contributed by atoms with Crippen LogP contribution in [0.4, 0.5) is 11.4 Å². The Labute approximate surface area is 119 Å². The van der Waals surface area contributed by atoms with Crippen molar-refractivity contribution in [3.63, 3.8) is 0 Å². The lowest BCUT2D eigenvalue weighted by Crippen LogP contribution is -2.44. The molecule has 1 fully saturated rings. The summed E-state index contributed by atoms with van der Waals surface area (Å²) < 4.78 is 5.30. The summed E-state index contributed by atoms with van der Waals surface area (Å²) in [6, 6.07) is 6.21. The third-order valence-electron chi connectivity index (χ3n) is 4.04. The molecule has 20 heavy (non-hydrogen) atoms. The smallest absolute Gasteiger partial charge is 0.239 e. The van der Waals surface area contributed by atoms with E-state index < -0.39 is 0 Å². The van der Waals surface area contributed by atoms with Gasteiger partial charge in [0.2, 0.25) is 5.91 Å². The number of anilines is 2. The van der Waals surface area contributed by atoms with Crippen molar-refractivity contribution in [2.45, 2.75) is 25.3 Å². The fourth-order valence-electron chi connectivity index (χ4n) is 3.01. The van der Waals surface area contributed by atoms with E-state index in [0.717, 1.165) is 50.4 Å². The van der Waals surface area contributed by atoms with Gasteiger partial charge in [-0.2, -0.15) is 0 Å². The molecule has 0 radical (unpaired) electrons. The van der Waals surface area contributed by atoms with Gasteiger partial charge in [0.15, 0.2) is 0 Å². The zero-order valence-corrected chi connectivity index (χ0v) is 11.6. The van der Waals surface area contributed by atoms with Crippen LogP contribution in [-0.2, 0) is 16.0 Å². The molecule has 0 unspecified atom stereocenters. The molecule has 0 aromatic heterocycles. The fourth-order valence-corrected chi connectivity index (χ4v) is 3.01. The van der Waals surface area contributed by atoms with Crippen LogP contribution in [0.5, 0.6) is 0 Å². The number of amides is 1. The predicted octanol–water partition coefficient (Wildman–Crippen LogP) is 0.926. The summed E-state index contributed by atoms with van der Waals surface area (Å²) >= 11 is 0. The second-order valence-corrected chi connectivity index (χ2v) is 5.48. The Hall–Kier alpha value is -1.75. The number of nitrogen functional groups attached to an aromatic ring is 1. The Balaban J connectivity index is 1.60. The molecule has 0 saturated carbocycles. The number of benzene rings is 1. The Morgan fingerprint density at radius 3 is 3.00 bits per heavy atom. The summed E-state index contributed by atoms with van der Waals surface area (Å²) in [6.07, 6.45) is 2.78. The van der Waals surface area contributed by atoms with E-state index in [1.54, 1.807) is 0 Å². The number of carbonyl (C=O) groups excluding carboxylic acids is 1. The predicted molar refractivity (Wildman–Crippen MR) is 78.8 cm³/mol. The zero-order valence-electron chi connectivity index (χ0n) is 11.6. The maximum absolute atomic E-state index is 12.2. The minimum absolute atomic E-state index is 0.0769.